The molecule has 0 aromatic heterocycles. The van der Waals surface area contributed by atoms with Crippen molar-refractivity contribution in [1.82, 2.24) is 0 Å². The Balaban J connectivity index is 2.09. The molecule has 1 aliphatic heterocycles. The Morgan fingerprint density at radius 1 is 1.08 bits per heavy atom. The van der Waals surface area contributed by atoms with Gasteiger partial charge >= 0.3 is 0 Å². The number of fused-ring (bicyclic) bond motifs is 2. The smallest absolute Gasteiger partial charge is 0.0497 e. The maximum Gasteiger partial charge on any atom is 0.0497 e. The monoisotopic (exact) mass is 168 g/mol. The van der Waals surface area contributed by atoms with Crippen LogP contribution in [0.4, 0.5) is 0 Å². The van der Waals surface area contributed by atoms with E-state index < -0.39 is 0 Å². The third-order valence-corrected chi connectivity index (χ3v) is 3.73. The zero-order valence-corrected chi connectivity index (χ0v) is 8.25. The first-order chi connectivity index (χ1) is 5.79. The highest BCUT2D eigenvalue weighted by Crippen LogP contribution is 2.44. The van der Waals surface area contributed by atoms with Crippen LogP contribution in [-0.2, 0) is 4.74 Å². The van der Waals surface area contributed by atoms with Gasteiger partial charge in [0.25, 0.3) is 0 Å². The Labute approximate surface area is 75.5 Å². The van der Waals surface area contributed by atoms with Gasteiger partial charge in [0.2, 0.25) is 0 Å². The molecule has 1 heteroatoms. The second-order valence-corrected chi connectivity index (χ2v) is 4.78. The lowest BCUT2D eigenvalue weighted by Gasteiger charge is -2.25. The summed E-state index contributed by atoms with van der Waals surface area (Å²) in [6.07, 6.45) is 4.21. The molecule has 2 bridgehead atoms. The minimum absolute atomic E-state index is 0.865. The molecule has 1 saturated heterocycles. The molecule has 0 amide bonds. The molecule has 70 valence electrons. The predicted octanol–water partition coefficient (Wildman–Crippen LogP) is 2.71. The van der Waals surface area contributed by atoms with E-state index >= 15 is 0 Å². The summed E-state index contributed by atoms with van der Waals surface area (Å²) >= 11 is 0. The molecule has 2 aliphatic rings. The van der Waals surface area contributed by atoms with Crippen LogP contribution in [0, 0.1) is 23.7 Å². The standard InChI is InChI=1S/C11H20O/c1-8(2)11-9-3-4-10(11)7-12-6-5-9/h8-11H,3-7H2,1-2H3. The van der Waals surface area contributed by atoms with E-state index in [1.165, 1.54) is 19.3 Å². The third kappa shape index (κ3) is 1.39. The summed E-state index contributed by atoms with van der Waals surface area (Å²) in [5, 5.41) is 0. The Morgan fingerprint density at radius 3 is 2.58 bits per heavy atom. The highest BCUT2D eigenvalue weighted by atomic mass is 16.5. The molecule has 12 heavy (non-hydrogen) atoms. The first kappa shape index (κ1) is 8.55. The van der Waals surface area contributed by atoms with E-state index in [0.717, 1.165) is 36.9 Å². The Kier molecular flexibility index (Phi) is 2.40. The van der Waals surface area contributed by atoms with Crippen molar-refractivity contribution in [1.29, 1.82) is 0 Å². The first-order valence-electron chi connectivity index (χ1n) is 5.37. The maximum absolute atomic E-state index is 5.61. The highest BCUT2D eigenvalue weighted by Gasteiger charge is 2.39. The molecule has 0 spiro atoms. The van der Waals surface area contributed by atoms with Crippen molar-refractivity contribution < 1.29 is 4.74 Å². The van der Waals surface area contributed by atoms with E-state index in [2.05, 4.69) is 13.8 Å². The van der Waals surface area contributed by atoms with Gasteiger partial charge in [-0.05, 0) is 42.9 Å². The summed E-state index contributed by atoms with van der Waals surface area (Å²) in [4.78, 5) is 0. The molecule has 2 fully saturated rings. The average Bonchev–Trinajstić information content (AvgIpc) is 2.24. The zero-order chi connectivity index (χ0) is 8.55. The van der Waals surface area contributed by atoms with Gasteiger partial charge in [-0.15, -0.1) is 0 Å². The maximum atomic E-state index is 5.61. The molecule has 3 unspecified atom stereocenters. The number of hydrogen-bond donors (Lipinski definition) is 0. The van der Waals surface area contributed by atoms with E-state index in [0.29, 0.717) is 0 Å². The van der Waals surface area contributed by atoms with Crippen LogP contribution in [0.1, 0.15) is 33.1 Å². The van der Waals surface area contributed by atoms with E-state index in [-0.39, 0.29) is 0 Å². The van der Waals surface area contributed by atoms with Crippen LogP contribution in [0.3, 0.4) is 0 Å². The lowest BCUT2D eigenvalue weighted by atomic mass is 9.80. The van der Waals surface area contributed by atoms with Crippen LogP contribution in [0.2, 0.25) is 0 Å². The third-order valence-electron chi connectivity index (χ3n) is 3.73. The fourth-order valence-corrected chi connectivity index (χ4v) is 3.29. The van der Waals surface area contributed by atoms with Gasteiger partial charge in [-0.25, -0.2) is 0 Å². The Hall–Kier alpha value is -0.0400. The van der Waals surface area contributed by atoms with E-state index in [1.54, 1.807) is 0 Å². The van der Waals surface area contributed by atoms with Crippen LogP contribution in [0.15, 0.2) is 0 Å². The quantitative estimate of drug-likeness (QED) is 0.585. The Bertz CT molecular complexity index is 139. The molecule has 2 rings (SSSR count). The van der Waals surface area contributed by atoms with Gasteiger partial charge in [0.05, 0.1) is 0 Å². The lowest BCUT2D eigenvalue weighted by Crippen LogP contribution is -2.21. The van der Waals surface area contributed by atoms with Crippen molar-refractivity contribution >= 4 is 0 Å². The van der Waals surface area contributed by atoms with Gasteiger partial charge in [0, 0.05) is 13.2 Å². The van der Waals surface area contributed by atoms with Gasteiger partial charge < -0.3 is 4.74 Å². The second kappa shape index (κ2) is 3.37. The molecule has 0 aromatic rings. The van der Waals surface area contributed by atoms with Gasteiger partial charge in [0.15, 0.2) is 0 Å². The average molecular weight is 168 g/mol. The molecule has 1 heterocycles. The number of rotatable bonds is 1. The molecule has 0 aromatic carbocycles. The van der Waals surface area contributed by atoms with Crippen molar-refractivity contribution in [2.75, 3.05) is 13.2 Å². The number of ether oxygens (including phenoxy) is 1. The summed E-state index contributed by atoms with van der Waals surface area (Å²) in [6.45, 7) is 6.81. The topological polar surface area (TPSA) is 9.23 Å². The van der Waals surface area contributed by atoms with Gasteiger partial charge in [-0.1, -0.05) is 13.8 Å². The summed E-state index contributed by atoms with van der Waals surface area (Å²) in [5.41, 5.74) is 0. The molecule has 0 N–H and O–H groups in total. The summed E-state index contributed by atoms with van der Waals surface area (Å²) < 4.78 is 5.61. The summed E-state index contributed by atoms with van der Waals surface area (Å²) in [5.74, 6) is 3.70. The van der Waals surface area contributed by atoms with E-state index in [4.69, 9.17) is 4.74 Å². The molecule has 0 radical (unpaired) electrons. The van der Waals surface area contributed by atoms with Gasteiger partial charge in [-0.2, -0.15) is 0 Å². The SMILES string of the molecule is CC(C)C1C2CCOCC1CC2. The Morgan fingerprint density at radius 2 is 1.83 bits per heavy atom. The normalized spacial score (nSPS) is 41.8. The van der Waals surface area contributed by atoms with Crippen molar-refractivity contribution in [3.63, 3.8) is 0 Å². The predicted molar refractivity (Wildman–Crippen MR) is 50.0 cm³/mol. The van der Waals surface area contributed by atoms with Gasteiger partial charge in [-0.3, -0.25) is 0 Å². The van der Waals surface area contributed by atoms with Gasteiger partial charge in [0.1, 0.15) is 0 Å². The largest absolute Gasteiger partial charge is 0.381 e. The molecule has 1 nitrogen and oxygen atoms in total. The summed E-state index contributed by atoms with van der Waals surface area (Å²) in [7, 11) is 0. The van der Waals surface area contributed by atoms with Crippen LogP contribution in [0.5, 0.6) is 0 Å². The minimum Gasteiger partial charge on any atom is -0.381 e. The fourth-order valence-electron chi connectivity index (χ4n) is 3.29. The van der Waals surface area contributed by atoms with Crippen molar-refractivity contribution in [3.05, 3.63) is 0 Å². The van der Waals surface area contributed by atoms with Crippen LogP contribution in [-0.4, -0.2) is 13.2 Å². The van der Waals surface area contributed by atoms with Crippen molar-refractivity contribution in [3.8, 4) is 0 Å². The molecule has 1 saturated carbocycles. The van der Waals surface area contributed by atoms with Crippen molar-refractivity contribution in [2.45, 2.75) is 33.1 Å². The zero-order valence-electron chi connectivity index (χ0n) is 8.25. The first-order valence-corrected chi connectivity index (χ1v) is 5.37. The van der Waals surface area contributed by atoms with Crippen molar-refractivity contribution in [2.24, 2.45) is 23.7 Å². The number of hydrogen-bond acceptors (Lipinski definition) is 1. The molecular formula is C11H20O. The molecule has 1 aliphatic carbocycles. The fraction of sp³-hybridized carbons (Fsp3) is 1.00. The van der Waals surface area contributed by atoms with Crippen LogP contribution < -0.4 is 0 Å². The second-order valence-electron chi connectivity index (χ2n) is 4.78. The van der Waals surface area contributed by atoms with E-state index in [1.807, 2.05) is 0 Å². The summed E-state index contributed by atoms with van der Waals surface area (Å²) in [6, 6.07) is 0. The molecular weight excluding hydrogens is 148 g/mol. The van der Waals surface area contributed by atoms with E-state index in [9.17, 15) is 0 Å². The van der Waals surface area contributed by atoms with Crippen LogP contribution in [0.25, 0.3) is 0 Å². The lowest BCUT2D eigenvalue weighted by molar-refractivity contribution is 0.0976. The van der Waals surface area contributed by atoms with Crippen LogP contribution >= 0.6 is 0 Å². The molecule has 3 atom stereocenters. The highest BCUT2D eigenvalue weighted by molar-refractivity contribution is 4.88. The minimum atomic E-state index is 0.865.